The van der Waals surface area contributed by atoms with Gasteiger partial charge in [0.1, 0.15) is 5.71 Å². The topological polar surface area (TPSA) is 54.7 Å². The number of benzene rings is 2. The molecule has 0 fully saturated rings. The second-order valence-electron chi connectivity index (χ2n) is 5.03. The number of hydrogen-bond donors (Lipinski definition) is 0. The first-order valence-electron chi connectivity index (χ1n) is 7.51. The summed E-state index contributed by atoms with van der Waals surface area (Å²) in [6.07, 6.45) is 4.96. The highest BCUT2D eigenvalue weighted by Gasteiger charge is 2.15. The lowest BCUT2D eigenvalue weighted by atomic mass is 10.0. The molecule has 0 amide bonds. The molecule has 0 atom stereocenters. The van der Waals surface area contributed by atoms with Crippen LogP contribution < -0.4 is 0 Å². The van der Waals surface area contributed by atoms with Crippen LogP contribution >= 0.6 is 0 Å². The van der Waals surface area contributed by atoms with Crippen molar-refractivity contribution >= 4 is 17.7 Å². The third-order valence-electron chi connectivity index (χ3n) is 3.37. The van der Waals surface area contributed by atoms with Crippen LogP contribution in [0.1, 0.15) is 21.5 Å². The fourth-order valence-corrected chi connectivity index (χ4v) is 2.16. The molecule has 0 spiro atoms. The summed E-state index contributed by atoms with van der Waals surface area (Å²) < 4.78 is 0. The summed E-state index contributed by atoms with van der Waals surface area (Å²) in [6.45, 7) is 0. The molecule has 0 saturated carbocycles. The summed E-state index contributed by atoms with van der Waals surface area (Å²) in [5.74, 6) is -0.159. The van der Waals surface area contributed by atoms with Crippen molar-refractivity contribution < 1.29 is 4.79 Å². The van der Waals surface area contributed by atoms with E-state index < -0.39 is 0 Å². The summed E-state index contributed by atoms with van der Waals surface area (Å²) in [5, 5.41) is 8.26. The largest absolute Gasteiger partial charge is 0.287 e. The zero-order chi connectivity index (χ0) is 16.6. The van der Waals surface area contributed by atoms with Crippen LogP contribution in [-0.2, 0) is 0 Å². The van der Waals surface area contributed by atoms with E-state index in [1.165, 1.54) is 0 Å². The Hall–Kier alpha value is -3.40. The minimum absolute atomic E-state index is 0.159. The van der Waals surface area contributed by atoms with Gasteiger partial charge in [0.25, 0.3) is 0 Å². The maximum Gasteiger partial charge on any atom is 0.213 e. The summed E-state index contributed by atoms with van der Waals surface area (Å²) in [7, 11) is 0. The maximum absolute atomic E-state index is 12.8. The van der Waals surface area contributed by atoms with Gasteiger partial charge in [-0.2, -0.15) is 5.10 Å². The molecule has 0 aliphatic carbocycles. The Morgan fingerprint density at radius 1 is 0.792 bits per heavy atom. The van der Waals surface area contributed by atoms with Crippen LogP contribution in [0.5, 0.6) is 0 Å². The fraction of sp³-hybridized carbons (Fsp3) is 0. The summed E-state index contributed by atoms with van der Waals surface area (Å²) >= 11 is 0. The van der Waals surface area contributed by atoms with Gasteiger partial charge in [0, 0.05) is 23.5 Å². The van der Waals surface area contributed by atoms with Crippen molar-refractivity contribution in [2.45, 2.75) is 0 Å². The van der Waals surface area contributed by atoms with Crippen molar-refractivity contribution in [3.63, 3.8) is 0 Å². The molecule has 0 bridgehead atoms. The minimum atomic E-state index is -0.159. The average molecular weight is 313 g/mol. The number of carbonyl (C=O) groups excluding carboxylic acids is 1. The van der Waals surface area contributed by atoms with E-state index in [0.29, 0.717) is 11.3 Å². The fourth-order valence-electron chi connectivity index (χ4n) is 2.16. The quantitative estimate of drug-likeness (QED) is 0.409. The van der Waals surface area contributed by atoms with Gasteiger partial charge < -0.3 is 0 Å². The molecule has 4 nitrogen and oxygen atoms in total. The van der Waals surface area contributed by atoms with E-state index in [4.69, 9.17) is 0 Å². The van der Waals surface area contributed by atoms with Crippen molar-refractivity contribution in [2.75, 3.05) is 0 Å². The molecule has 4 heteroatoms. The number of aromatic nitrogens is 1. The van der Waals surface area contributed by atoms with Crippen LogP contribution in [0.15, 0.2) is 95.4 Å². The lowest BCUT2D eigenvalue weighted by Gasteiger charge is -2.04. The molecule has 0 radical (unpaired) electrons. The molecule has 0 N–H and O–H groups in total. The van der Waals surface area contributed by atoms with Gasteiger partial charge in [0.05, 0.1) is 6.21 Å². The highest BCUT2D eigenvalue weighted by Crippen LogP contribution is 2.09. The molecule has 0 unspecified atom stereocenters. The first-order chi connectivity index (χ1) is 11.8. The standard InChI is InChI=1S/C20H15N3O/c24-20(18-9-5-2-6-10-18)19(17-7-3-1-4-8-17)23-22-15-16-11-13-21-14-12-16/h1-15H/b22-15-,23-19-. The Bertz CT molecular complexity index is 857. The number of pyridine rings is 1. The van der Waals surface area contributed by atoms with E-state index in [9.17, 15) is 4.79 Å². The van der Waals surface area contributed by atoms with Crippen LogP contribution in [0.2, 0.25) is 0 Å². The molecule has 24 heavy (non-hydrogen) atoms. The number of ketones is 1. The number of hydrogen-bond acceptors (Lipinski definition) is 4. The first-order valence-corrected chi connectivity index (χ1v) is 7.51. The molecule has 1 aromatic heterocycles. The van der Waals surface area contributed by atoms with Gasteiger partial charge in [0.2, 0.25) is 5.78 Å². The van der Waals surface area contributed by atoms with E-state index >= 15 is 0 Å². The number of rotatable bonds is 5. The van der Waals surface area contributed by atoms with Gasteiger partial charge in [-0.3, -0.25) is 9.78 Å². The molecule has 0 saturated heterocycles. The summed E-state index contributed by atoms with van der Waals surface area (Å²) in [5.41, 5.74) is 2.50. The van der Waals surface area contributed by atoms with Gasteiger partial charge in [-0.15, -0.1) is 5.10 Å². The van der Waals surface area contributed by atoms with Gasteiger partial charge >= 0.3 is 0 Å². The normalized spacial score (nSPS) is 11.6. The second kappa shape index (κ2) is 7.74. The van der Waals surface area contributed by atoms with E-state index in [0.717, 1.165) is 11.1 Å². The number of carbonyl (C=O) groups is 1. The van der Waals surface area contributed by atoms with Crippen LogP contribution in [0.3, 0.4) is 0 Å². The van der Waals surface area contributed by atoms with Crippen molar-refractivity contribution in [1.82, 2.24) is 4.98 Å². The van der Waals surface area contributed by atoms with Crippen molar-refractivity contribution in [3.8, 4) is 0 Å². The Balaban J connectivity index is 1.95. The third-order valence-corrected chi connectivity index (χ3v) is 3.37. The van der Waals surface area contributed by atoms with Crippen LogP contribution in [-0.4, -0.2) is 22.7 Å². The lowest BCUT2D eigenvalue weighted by molar-refractivity contribution is 0.106. The Morgan fingerprint density at radius 2 is 1.38 bits per heavy atom. The Morgan fingerprint density at radius 3 is 2.00 bits per heavy atom. The molecule has 116 valence electrons. The van der Waals surface area contributed by atoms with Crippen molar-refractivity contribution in [3.05, 3.63) is 102 Å². The maximum atomic E-state index is 12.8. The molecule has 0 aliphatic heterocycles. The van der Waals surface area contributed by atoms with E-state index in [2.05, 4.69) is 15.2 Å². The second-order valence-corrected chi connectivity index (χ2v) is 5.03. The first kappa shape index (κ1) is 15.5. The highest BCUT2D eigenvalue weighted by molar-refractivity contribution is 6.51. The van der Waals surface area contributed by atoms with Gasteiger partial charge in [0.15, 0.2) is 0 Å². The molecular formula is C20H15N3O. The SMILES string of the molecule is O=C(/C(=N\N=C/c1ccncc1)c1ccccc1)c1ccccc1. The van der Waals surface area contributed by atoms with Gasteiger partial charge in [-0.25, -0.2) is 0 Å². The van der Waals surface area contributed by atoms with Crippen molar-refractivity contribution in [2.24, 2.45) is 10.2 Å². The smallest absolute Gasteiger partial charge is 0.213 e. The molecule has 0 aliphatic rings. The zero-order valence-corrected chi connectivity index (χ0v) is 12.9. The molecule has 2 aromatic carbocycles. The van der Waals surface area contributed by atoms with E-state index in [1.54, 1.807) is 30.7 Å². The molecule has 3 aromatic rings. The molecular weight excluding hydrogens is 298 g/mol. The minimum Gasteiger partial charge on any atom is -0.287 e. The highest BCUT2D eigenvalue weighted by atomic mass is 16.1. The zero-order valence-electron chi connectivity index (χ0n) is 12.9. The van der Waals surface area contributed by atoms with Crippen LogP contribution in [0.25, 0.3) is 0 Å². The van der Waals surface area contributed by atoms with Crippen molar-refractivity contribution in [1.29, 1.82) is 0 Å². The van der Waals surface area contributed by atoms with Gasteiger partial charge in [-0.1, -0.05) is 60.7 Å². The Kier molecular flexibility index (Phi) is 5.00. The number of Topliss-reactive ketones (excluding diaryl/α,β-unsaturated/α-hetero) is 1. The monoisotopic (exact) mass is 313 g/mol. The Labute approximate surface area is 140 Å². The van der Waals surface area contributed by atoms with E-state index in [1.807, 2.05) is 60.7 Å². The summed E-state index contributed by atoms with van der Waals surface area (Å²) in [4.78, 5) is 16.7. The number of nitrogens with zero attached hydrogens (tertiary/aromatic N) is 3. The third kappa shape index (κ3) is 3.87. The predicted octanol–water partition coefficient (Wildman–Crippen LogP) is 3.79. The van der Waals surface area contributed by atoms with E-state index in [-0.39, 0.29) is 5.78 Å². The average Bonchev–Trinajstić information content (AvgIpc) is 2.67. The van der Waals surface area contributed by atoms with Crippen LogP contribution in [0.4, 0.5) is 0 Å². The summed E-state index contributed by atoms with van der Waals surface area (Å²) in [6, 6.07) is 22.0. The molecule has 3 rings (SSSR count). The lowest BCUT2D eigenvalue weighted by Crippen LogP contribution is -2.15. The van der Waals surface area contributed by atoms with Gasteiger partial charge in [-0.05, 0) is 17.7 Å². The van der Waals surface area contributed by atoms with Crippen LogP contribution in [0, 0.1) is 0 Å². The molecule has 1 heterocycles. The predicted molar refractivity (Wildman–Crippen MR) is 95.6 cm³/mol.